The first-order chi connectivity index (χ1) is 10.0. The minimum absolute atomic E-state index is 0.338. The van der Waals surface area contributed by atoms with Gasteiger partial charge in [-0.25, -0.2) is 0 Å². The molecule has 0 saturated heterocycles. The Kier molecular flexibility index (Phi) is 12.6. The summed E-state index contributed by atoms with van der Waals surface area (Å²) >= 11 is 0. The summed E-state index contributed by atoms with van der Waals surface area (Å²) in [6, 6.07) is 0. The van der Waals surface area contributed by atoms with Gasteiger partial charge in [-0.3, -0.25) is 4.79 Å². The molecule has 0 aromatic heterocycles. The molecule has 0 aromatic carbocycles. The second-order valence-electron chi connectivity index (χ2n) is 5.17. The fraction of sp³-hybridized carbons (Fsp3) is 0.933. The zero-order valence-corrected chi connectivity index (χ0v) is 13.7. The molecule has 0 spiro atoms. The lowest BCUT2D eigenvalue weighted by Crippen LogP contribution is -2.46. The third-order valence-corrected chi connectivity index (χ3v) is 2.99. The van der Waals surface area contributed by atoms with Gasteiger partial charge in [0.15, 0.2) is 0 Å². The van der Waals surface area contributed by atoms with Gasteiger partial charge >= 0.3 is 5.97 Å². The SMILES string of the molecule is CCOC(=O)C(C)(N)CCCCOCCOCCCOC. The summed E-state index contributed by atoms with van der Waals surface area (Å²) in [5.41, 5.74) is 5.02. The van der Waals surface area contributed by atoms with Gasteiger partial charge in [0.25, 0.3) is 0 Å². The topological polar surface area (TPSA) is 80.0 Å². The summed E-state index contributed by atoms with van der Waals surface area (Å²) in [4.78, 5) is 11.6. The summed E-state index contributed by atoms with van der Waals surface area (Å²) in [5.74, 6) is -0.338. The molecular weight excluding hydrogens is 274 g/mol. The van der Waals surface area contributed by atoms with Crippen molar-refractivity contribution in [2.24, 2.45) is 5.73 Å². The monoisotopic (exact) mass is 305 g/mol. The number of methoxy groups -OCH3 is 1. The molecule has 0 bridgehead atoms. The van der Waals surface area contributed by atoms with Crippen molar-refractivity contribution in [2.45, 2.75) is 45.1 Å². The lowest BCUT2D eigenvalue weighted by Gasteiger charge is -2.21. The molecule has 126 valence electrons. The van der Waals surface area contributed by atoms with Crippen LogP contribution in [0.3, 0.4) is 0 Å². The predicted molar refractivity (Wildman–Crippen MR) is 81.2 cm³/mol. The van der Waals surface area contributed by atoms with Crippen LogP contribution in [0, 0.1) is 0 Å². The Hall–Kier alpha value is -0.690. The molecule has 0 aromatic rings. The van der Waals surface area contributed by atoms with Crippen LogP contribution in [0.4, 0.5) is 0 Å². The predicted octanol–water partition coefficient (Wildman–Crippen LogP) is 1.51. The van der Waals surface area contributed by atoms with E-state index in [0.29, 0.717) is 39.5 Å². The van der Waals surface area contributed by atoms with E-state index in [1.54, 1.807) is 21.0 Å². The third kappa shape index (κ3) is 11.6. The van der Waals surface area contributed by atoms with E-state index in [1.807, 2.05) is 0 Å². The minimum Gasteiger partial charge on any atom is -0.465 e. The molecule has 2 N–H and O–H groups in total. The minimum atomic E-state index is -0.902. The number of unbranched alkanes of at least 4 members (excludes halogenated alkanes) is 1. The average Bonchev–Trinajstić information content (AvgIpc) is 2.45. The van der Waals surface area contributed by atoms with E-state index in [1.165, 1.54) is 0 Å². The first kappa shape index (κ1) is 20.3. The molecule has 0 heterocycles. The Morgan fingerprint density at radius 2 is 1.62 bits per heavy atom. The van der Waals surface area contributed by atoms with Crippen LogP contribution in [0.1, 0.15) is 39.5 Å². The first-order valence-electron chi connectivity index (χ1n) is 7.65. The van der Waals surface area contributed by atoms with E-state index in [4.69, 9.17) is 24.7 Å². The molecule has 0 saturated carbocycles. The van der Waals surface area contributed by atoms with Gasteiger partial charge in [-0.2, -0.15) is 0 Å². The van der Waals surface area contributed by atoms with Crippen molar-refractivity contribution in [3.63, 3.8) is 0 Å². The lowest BCUT2D eigenvalue weighted by molar-refractivity contribution is -0.149. The van der Waals surface area contributed by atoms with Crippen molar-refractivity contribution >= 4 is 5.97 Å². The molecule has 0 radical (unpaired) electrons. The van der Waals surface area contributed by atoms with Gasteiger partial charge in [0.05, 0.1) is 19.8 Å². The Bertz CT molecular complexity index is 258. The summed E-state index contributed by atoms with van der Waals surface area (Å²) in [5, 5.41) is 0. The maximum atomic E-state index is 11.6. The van der Waals surface area contributed by atoms with Crippen molar-refractivity contribution < 1.29 is 23.7 Å². The number of hydrogen-bond acceptors (Lipinski definition) is 6. The first-order valence-corrected chi connectivity index (χ1v) is 7.65. The average molecular weight is 305 g/mol. The van der Waals surface area contributed by atoms with Gasteiger partial charge < -0.3 is 24.7 Å². The van der Waals surface area contributed by atoms with E-state index in [9.17, 15) is 4.79 Å². The van der Waals surface area contributed by atoms with Crippen LogP contribution in [-0.2, 0) is 23.7 Å². The molecule has 6 nitrogen and oxygen atoms in total. The molecule has 1 atom stereocenters. The van der Waals surface area contributed by atoms with Crippen LogP contribution in [0.2, 0.25) is 0 Å². The molecular formula is C15H31NO5. The fourth-order valence-corrected chi connectivity index (χ4v) is 1.72. The summed E-state index contributed by atoms with van der Waals surface area (Å²) in [6.45, 7) is 7.10. The second-order valence-corrected chi connectivity index (χ2v) is 5.17. The van der Waals surface area contributed by atoms with Gasteiger partial charge in [0.2, 0.25) is 0 Å². The standard InChI is InChI=1S/C15H31NO5/c1-4-21-14(17)15(2,16)8-5-6-10-19-12-13-20-11-7-9-18-3/h4-13,16H2,1-3H3. The summed E-state index contributed by atoms with van der Waals surface area (Å²) in [6.07, 6.45) is 3.21. The zero-order chi connectivity index (χ0) is 16.0. The Balaban J connectivity index is 3.37. The Morgan fingerprint density at radius 1 is 1.00 bits per heavy atom. The second kappa shape index (κ2) is 13.0. The maximum Gasteiger partial charge on any atom is 0.325 e. The molecule has 6 heteroatoms. The molecule has 0 rings (SSSR count). The van der Waals surface area contributed by atoms with E-state index in [2.05, 4.69) is 0 Å². The van der Waals surface area contributed by atoms with Crippen LogP contribution in [0.25, 0.3) is 0 Å². The highest BCUT2D eigenvalue weighted by Gasteiger charge is 2.28. The zero-order valence-electron chi connectivity index (χ0n) is 13.7. The van der Waals surface area contributed by atoms with Gasteiger partial charge in [-0.05, 0) is 39.5 Å². The van der Waals surface area contributed by atoms with Crippen LogP contribution < -0.4 is 5.73 Å². The number of ether oxygens (including phenoxy) is 4. The highest BCUT2D eigenvalue weighted by molar-refractivity contribution is 5.79. The summed E-state index contributed by atoms with van der Waals surface area (Å²) in [7, 11) is 1.68. The van der Waals surface area contributed by atoms with E-state index in [0.717, 1.165) is 25.9 Å². The molecule has 0 amide bonds. The number of hydrogen-bond donors (Lipinski definition) is 1. The van der Waals surface area contributed by atoms with Gasteiger partial charge in [-0.1, -0.05) is 0 Å². The van der Waals surface area contributed by atoms with Crippen LogP contribution >= 0.6 is 0 Å². The molecule has 1 unspecified atom stereocenters. The third-order valence-electron chi connectivity index (χ3n) is 2.99. The van der Waals surface area contributed by atoms with Gasteiger partial charge in [0.1, 0.15) is 5.54 Å². The number of nitrogens with two attached hydrogens (primary N) is 1. The number of esters is 1. The number of rotatable bonds is 14. The van der Waals surface area contributed by atoms with E-state index >= 15 is 0 Å². The van der Waals surface area contributed by atoms with Crippen molar-refractivity contribution in [3.8, 4) is 0 Å². The maximum absolute atomic E-state index is 11.6. The summed E-state index contributed by atoms with van der Waals surface area (Å²) < 4.78 is 20.7. The van der Waals surface area contributed by atoms with Crippen molar-refractivity contribution in [3.05, 3.63) is 0 Å². The van der Waals surface area contributed by atoms with Crippen molar-refractivity contribution in [2.75, 3.05) is 46.8 Å². The van der Waals surface area contributed by atoms with E-state index in [-0.39, 0.29) is 5.97 Å². The Morgan fingerprint density at radius 3 is 2.19 bits per heavy atom. The largest absolute Gasteiger partial charge is 0.465 e. The molecule has 21 heavy (non-hydrogen) atoms. The highest BCUT2D eigenvalue weighted by Crippen LogP contribution is 2.12. The molecule has 0 aliphatic rings. The Labute approximate surface area is 128 Å². The normalized spacial score (nSPS) is 13.9. The van der Waals surface area contributed by atoms with Crippen LogP contribution in [0.15, 0.2) is 0 Å². The highest BCUT2D eigenvalue weighted by atomic mass is 16.5. The van der Waals surface area contributed by atoms with Crippen LogP contribution in [-0.4, -0.2) is 58.3 Å². The van der Waals surface area contributed by atoms with Gasteiger partial charge in [0, 0.05) is 26.9 Å². The quantitative estimate of drug-likeness (QED) is 0.387. The van der Waals surface area contributed by atoms with E-state index < -0.39 is 5.54 Å². The lowest BCUT2D eigenvalue weighted by atomic mass is 9.96. The number of carbonyl (C=O) groups is 1. The van der Waals surface area contributed by atoms with Crippen LogP contribution in [0.5, 0.6) is 0 Å². The van der Waals surface area contributed by atoms with Gasteiger partial charge in [-0.15, -0.1) is 0 Å². The number of carbonyl (C=O) groups excluding carboxylic acids is 1. The molecule has 0 fully saturated rings. The van der Waals surface area contributed by atoms with Crippen molar-refractivity contribution in [1.29, 1.82) is 0 Å². The fourth-order valence-electron chi connectivity index (χ4n) is 1.72. The van der Waals surface area contributed by atoms with Crippen molar-refractivity contribution in [1.82, 2.24) is 0 Å². The molecule has 0 aliphatic heterocycles. The molecule has 0 aliphatic carbocycles. The smallest absolute Gasteiger partial charge is 0.325 e.